The highest BCUT2D eigenvalue weighted by Crippen LogP contribution is 2.25. The molecule has 3 rings (SSSR count). The lowest BCUT2D eigenvalue weighted by molar-refractivity contribution is 0.0736. The summed E-state index contributed by atoms with van der Waals surface area (Å²) in [4.78, 5) is 27.5. The molecule has 128 valence electrons. The highest BCUT2D eigenvalue weighted by Gasteiger charge is 2.34. The minimum absolute atomic E-state index is 0.110. The van der Waals surface area contributed by atoms with Crippen molar-refractivity contribution in [3.05, 3.63) is 40.3 Å². The summed E-state index contributed by atoms with van der Waals surface area (Å²) in [5.74, 6) is 0.204. The lowest BCUT2D eigenvalue weighted by atomic mass is 10.1. The van der Waals surface area contributed by atoms with Crippen LogP contribution in [0.5, 0.6) is 0 Å². The van der Waals surface area contributed by atoms with Gasteiger partial charge in [-0.1, -0.05) is 18.2 Å². The highest BCUT2D eigenvalue weighted by molar-refractivity contribution is 6.05. The Morgan fingerprint density at radius 2 is 2.00 bits per heavy atom. The van der Waals surface area contributed by atoms with Crippen molar-refractivity contribution in [3.8, 4) is 0 Å². The molecule has 1 amide bonds. The maximum Gasteiger partial charge on any atom is 0.275 e. The van der Waals surface area contributed by atoms with E-state index in [9.17, 15) is 9.59 Å². The quantitative estimate of drug-likeness (QED) is 0.931. The molecule has 0 spiro atoms. The van der Waals surface area contributed by atoms with Crippen LogP contribution in [-0.2, 0) is 0 Å². The zero-order valence-electron chi connectivity index (χ0n) is 14.4. The van der Waals surface area contributed by atoms with E-state index in [2.05, 4.69) is 5.10 Å². The number of nitrogens with two attached hydrogens (primary N) is 1. The van der Waals surface area contributed by atoms with Gasteiger partial charge in [-0.2, -0.15) is 5.10 Å². The molecular formula is C18H24N4O2. The Hall–Kier alpha value is -2.21. The molecule has 0 aliphatic carbocycles. The normalized spacial score (nSPS) is 21.0. The summed E-state index contributed by atoms with van der Waals surface area (Å²) < 4.78 is 1.40. The van der Waals surface area contributed by atoms with Gasteiger partial charge < -0.3 is 10.6 Å². The number of hydrogen-bond acceptors (Lipinski definition) is 4. The summed E-state index contributed by atoms with van der Waals surface area (Å²) in [6, 6.07) is 7.21. The molecule has 6 heteroatoms. The summed E-state index contributed by atoms with van der Waals surface area (Å²) in [7, 11) is 0. The van der Waals surface area contributed by atoms with Crippen LogP contribution in [0.1, 0.15) is 43.7 Å². The monoisotopic (exact) mass is 328 g/mol. The Morgan fingerprint density at radius 3 is 2.58 bits per heavy atom. The van der Waals surface area contributed by atoms with Gasteiger partial charge in [-0.25, -0.2) is 4.68 Å². The number of carbonyl (C=O) groups is 1. The number of hydrogen-bond donors (Lipinski definition) is 1. The summed E-state index contributed by atoms with van der Waals surface area (Å²) in [5, 5.41) is 5.56. The second-order valence-corrected chi connectivity index (χ2v) is 6.88. The molecule has 1 fully saturated rings. The van der Waals surface area contributed by atoms with Gasteiger partial charge in [0.15, 0.2) is 5.69 Å². The number of likely N-dealkylation sites (tertiary alicyclic amines) is 1. The first kappa shape index (κ1) is 16.6. The van der Waals surface area contributed by atoms with Crippen molar-refractivity contribution in [1.29, 1.82) is 0 Å². The van der Waals surface area contributed by atoms with Gasteiger partial charge in [0.25, 0.3) is 11.5 Å². The van der Waals surface area contributed by atoms with E-state index in [1.54, 1.807) is 12.1 Å². The van der Waals surface area contributed by atoms with E-state index in [0.29, 0.717) is 35.5 Å². The zero-order valence-corrected chi connectivity index (χ0v) is 14.4. The molecule has 24 heavy (non-hydrogen) atoms. The molecule has 1 aromatic carbocycles. The molecule has 1 saturated heterocycles. The summed E-state index contributed by atoms with van der Waals surface area (Å²) >= 11 is 0. The average molecular weight is 328 g/mol. The van der Waals surface area contributed by atoms with Crippen molar-refractivity contribution in [1.82, 2.24) is 14.7 Å². The Labute approximate surface area is 141 Å². The van der Waals surface area contributed by atoms with Crippen LogP contribution in [0, 0.1) is 5.92 Å². The third kappa shape index (κ3) is 2.71. The first-order valence-electron chi connectivity index (χ1n) is 8.46. The SMILES string of the molecule is CC1CC(CN)CN1C(=O)c1nn(C(C)C)c(=O)c2ccccc12. The molecule has 1 aliphatic rings. The molecule has 1 aromatic heterocycles. The van der Waals surface area contributed by atoms with Crippen molar-refractivity contribution in [2.45, 2.75) is 39.3 Å². The molecule has 0 radical (unpaired) electrons. The number of benzene rings is 1. The number of fused-ring (bicyclic) bond motifs is 1. The summed E-state index contributed by atoms with van der Waals surface area (Å²) in [6.07, 6.45) is 0.907. The molecule has 2 atom stereocenters. The van der Waals surface area contributed by atoms with E-state index in [-0.39, 0.29) is 23.6 Å². The largest absolute Gasteiger partial charge is 0.334 e. The third-order valence-corrected chi connectivity index (χ3v) is 4.78. The van der Waals surface area contributed by atoms with Crippen LogP contribution < -0.4 is 11.3 Å². The number of aromatic nitrogens is 2. The van der Waals surface area contributed by atoms with Gasteiger partial charge in [0.2, 0.25) is 0 Å². The second kappa shape index (κ2) is 6.36. The number of rotatable bonds is 3. The van der Waals surface area contributed by atoms with Crippen molar-refractivity contribution in [2.75, 3.05) is 13.1 Å². The Kier molecular flexibility index (Phi) is 4.41. The van der Waals surface area contributed by atoms with E-state index in [1.807, 2.05) is 37.8 Å². The number of amides is 1. The molecule has 1 aliphatic heterocycles. The lowest BCUT2D eigenvalue weighted by Crippen LogP contribution is -2.37. The molecule has 2 N–H and O–H groups in total. The van der Waals surface area contributed by atoms with Gasteiger partial charge >= 0.3 is 0 Å². The fourth-order valence-electron chi connectivity index (χ4n) is 3.45. The van der Waals surface area contributed by atoms with Gasteiger partial charge in [0.1, 0.15) is 0 Å². The van der Waals surface area contributed by atoms with E-state index < -0.39 is 0 Å². The third-order valence-electron chi connectivity index (χ3n) is 4.78. The molecule has 2 heterocycles. The van der Waals surface area contributed by atoms with E-state index in [0.717, 1.165) is 6.42 Å². The highest BCUT2D eigenvalue weighted by atomic mass is 16.2. The minimum atomic E-state index is -0.161. The number of nitrogens with zero attached hydrogens (tertiary/aromatic N) is 3. The van der Waals surface area contributed by atoms with Crippen LogP contribution in [0.4, 0.5) is 0 Å². The Balaban J connectivity index is 2.14. The van der Waals surface area contributed by atoms with E-state index in [4.69, 9.17) is 5.73 Å². The lowest BCUT2D eigenvalue weighted by Gasteiger charge is -2.22. The molecule has 0 bridgehead atoms. The first-order valence-corrected chi connectivity index (χ1v) is 8.46. The maximum absolute atomic E-state index is 13.1. The molecule has 0 saturated carbocycles. The van der Waals surface area contributed by atoms with Crippen LogP contribution in [0.3, 0.4) is 0 Å². The molecule has 2 unspecified atom stereocenters. The number of carbonyl (C=O) groups excluding carboxylic acids is 1. The van der Waals surface area contributed by atoms with Gasteiger partial charge in [0.05, 0.1) is 11.4 Å². The van der Waals surface area contributed by atoms with Gasteiger partial charge in [-0.15, -0.1) is 0 Å². The molecular weight excluding hydrogens is 304 g/mol. The van der Waals surface area contributed by atoms with Crippen molar-refractivity contribution in [2.24, 2.45) is 11.7 Å². The minimum Gasteiger partial charge on any atom is -0.334 e. The first-order chi connectivity index (χ1) is 11.4. The van der Waals surface area contributed by atoms with E-state index in [1.165, 1.54) is 4.68 Å². The molecule has 6 nitrogen and oxygen atoms in total. The Morgan fingerprint density at radius 1 is 1.33 bits per heavy atom. The Bertz CT molecular complexity index is 827. The van der Waals surface area contributed by atoms with Crippen molar-refractivity contribution < 1.29 is 4.79 Å². The van der Waals surface area contributed by atoms with Crippen LogP contribution in [0.25, 0.3) is 10.8 Å². The van der Waals surface area contributed by atoms with Crippen LogP contribution >= 0.6 is 0 Å². The van der Waals surface area contributed by atoms with E-state index >= 15 is 0 Å². The van der Waals surface area contributed by atoms with Crippen LogP contribution in [-0.4, -0.2) is 39.7 Å². The van der Waals surface area contributed by atoms with Crippen LogP contribution in [0.15, 0.2) is 29.1 Å². The standard InChI is InChI=1S/C18H24N4O2/c1-11(2)22-17(23)15-7-5-4-6-14(15)16(20-22)18(24)21-10-13(9-19)8-12(21)3/h4-7,11-13H,8-10,19H2,1-3H3. The maximum atomic E-state index is 13.1. The second-order valence-electron chi connectivity index (χ2n) is 6.88. The molecule has 2 aromatic rings. The van der Waals surface area contributed by atoms with Crippen molar-refractivity contribution >= 4 is 16.7 Å². The van der Waals surface area contributed by atoms with Gasteiger partial charge in [-0.05, 0) is 45.7 Å². The average Bonchev–Trinajstić information content (AvgIpc) is 2.95. The van der Waals surface area contributed by atoms with Crippen LogP contribution in [0.2, 0.25) is 0 Å². The fourth-order valence-corrected chi connectivity index (χ4v) is 3.45. The summed E-state index contributed by atoms with van der Waals surface area (Å²) in [5.41, 5.74) is 5.96. The van der Waals surface area contributed by atoms with Crippen molar-refractivity contribution in [3.63, 3.8) is 0 Å². The predicted molar refractivity (Wildman–Crippen MR) is 94.0 cm³/mol. The summed E-state index contributed by atoms with van der Waals surface area (Å²) in [6.45, 7) is 7.04. The van der Waals surface area contributed by atoms with Gasteiger partial charge in [-0.3, -0.25) is 9.59 Å². The predicted octanol–water partition coefficient (Wildman–Crippen LogP) is 1.79. The topological polar surface area (TPSA) is 81.2 Å². The fraction of sp³-hybridized carbons (Fsp3) is 0.500. The smallest absolute Gasteiger partial charge is 0.275 e. The van der Waals surface area contributed by atoms with Gasteiger partial charge in [0, 0.05) is 18.0 Å². The zero-order chi connectivity index (χ0) is 17.4.